The van der Waals surface area contributed by atoms with E-state index in [0.717, 1.165) is 19.4 Å². The van der Waals surface area contributed by atoms with Crippen molar-refractivity contribution in [3.05, 3.63) is 21.3 Å². The Morgan fingerprint density at radius 1 is 1.67 bits per heavy atom. The lowest BCUT2D eigenvalue weighted by atomic mass is 10.2. The van der Waals surface area contributed by atoms with Crippen LogP contribution in [0.2, 0.25) is 4.34 Å². The van der Waals surface area contributed by atoms with Crippen molar-refractivity contribution in [1.82, 2.24) is 5.32 Å². The lowest BCUT2D eigenvalue weighted by molar-refractivity contribution is 0.0861. The molecule has 1 saturated heterocycles. The zero-order valence-electron chi connectivity index (χ0n) is 8.16. The van der Waals surface area contributed by atoms with Crippen LogP contribution in [0.1, 0.15) is 22.5 Å². The molecule has 5 heteroatoms. The highest BCUT2D eigenvalue weighted by Crippen LogP contribution is 2.21. The third-order valence-electron chi connectivity index (χ3n) is 2.31. The summed E-state index contributed by atoms with van der Waals surface area (Å²) in [4.78, 5) is 12.3. The zero-order chi connectivity index (χ0) is 10.7. The molecule has 0 saturated carbocycles. The first-order valence-corrected chi connectivity index (χ1v) is 6.10. The number of ether oxygens (including phenoxy) is 1. The highest BCUT2D eigenvalue weighted by Gasteiger charge is 2.17. The van der Waals surface area contributed by atoms with E-state index in [2.05, 4.69) is 5.32 Å². The molecule has 0 radical (unpaired) electrons. The highest BCUT2D eigenvalue weighted by molar-refractivity contribution is 7.17. The summed E-state index contributed by atoms with van der Waals surface area (Å²) in [7, 11) is 0. The molecule has 1 aromatic heterocycles. The monoisotopic (exact) mass is 245 g/mol. The summed E-state index contributed by atoms with van der Waals surface area (Å²) in [5.41, 5.74) is 0. The van der Waals surface area contributed by atoms with Crippen molar-refractivity contribution in [2.75, 3.05) is 13.2 Å². The molecule has 1 amide bonds. The summed E-state index contributed by atoms with van der Waals surface area (Å²) in [6.07, 6.45) is 2.31. The van der Waals surface area contributed by atoms with Gasteiger partial charge < -0.3 is 10.1 Å². The maximum atomic E-state index is 11.6. The van der Waals surface area contributed by atoms with Crippen molar-refractivity contribution in [3.8, 4) is 0 Å². The van der Waals surface area contributed by atoms with Gasteiger partial charge in [0.1, 0.15) is 0 Å². The molecule has 1 aliphatic heterocycles. The quantitative estimate of drug-likeness (QED) is 0.888. The van der Waals surface area contributed by atoms with Gasteiger partial charge in [0.05, 0.1) is 15.3 Å². The molecule has 2 heterocycles. The van der Waals surface area contributed by atoms with Gasteiger partial charge in [-0.15, -0.1) is 11.3 Å². The Balaban J connectivity index is 1.81. The predicted octanol–water partition coefficient (Wildman–Crippen LogP) is 2.31. The smallest absolute Gasteiger partial charge is 0.261 e. The summed E-state index contributed by atoms with van der Waals surface area (Å²) < 4.78 is 6.04. The first kappa shape index (κ1) is 10.9. The van der Waals surface area contributed by atoms with Gasteiger partial charge in [-0.2, -0.15) is 0 Å². The molecule has 3 nitrogen and oxygen atoms in total. The van der Waals surface area contributed by atoms with E-state index < -0.39 is 0 Å². The minimum absolute atomic E-state index is 0.0672. The molecule has 15 heavy (non-hydrogen) atoms. The summed E-state index contributed by atoms with van der Waals surface area (Å²) in [6, 6.07) is 3.46. The number of hydrogen-bond donors (Lipinski definition) is 1. The fourth-order valence-corrected chi connectivity index (χ4v) is 2.49. The van der Waals surface area contributed by atoms with Gasteiger partial charge >= 0.3 is 0 Å². The lowest BCUT2D eigenvalue weighted by Gasteiger charge is -2.09. The summed E-state index contributed by atoms with van der Waals surface area (Å²) in [5, 5.41) is 2.84. The fourth-order valence-electron chi connectivity index (χ4n) is 1.54. The zero-order valence-corrected chi connectivity index (χ0v) is 9.74. The maximum Gasteiger partial charge on any atom is 0.261 e. The van der Waals surface area contributed by atoms with Crippen LogP contribution in [0.5, 0.6) is 0 Å². The molecule has 0 aromatic carbocycles. The Hall–Kier alpha value is -0.580. The van der Waals surface area contributed by atoms with Crippen LogP contribution in [0.3, 0.4) is 0 Å². The molecule has 1 aliphatic rings. The Bertz CT molecular complexity index is 347. The predicted molar refractivity (Wildman–Crippen MR) is 60.6 cm³/mol. The number of carbonyl (C=O) groups is 1. The standard InChI is InChI=1S/C10H12ClNO2S/c11-9-4-3-8(15-9)10(13)12-6-7-2-1-5-14-7/h3-4,7H,1-2,5-6H2,(H,12,13)/t7-/m1/s1. The first-order valence-electron chi connectivity index (χ1n) is 4.91. The molecule has 0 bridgehead atoms. The highest BCUT2D eigenvalue weighted by atomic mass is 35.5. The van der Waals surface area contributed by atoms with Gasteiger partial charge in [-0.3, -0.25) is 4.79 Å². The van der Waals surface area contributed by atoms with Crippen LogP contribution in [0.25, 0.3) is 0 Å². The number of carbonyl (C=O) groups excluding carboxylic acids is 1. The van der Waals surface area contributed by atoms with Gasteiger partial charge in [-0.25, -0.2) is 0 Å². The molecule has 1 aromatic rings. The van der Waals surface area contributed by atoms with Crippen LogP contribution in [-0.2, 0) is 4.74 Å². The Labute approximate surface area is 97.4 Å². The molecule has 0 unspecified atom stereocenters. The lowest BCUT2D eigenvalue weighted by Crippen LogP contribution is -2.31. The van der Waals surface area contributed by atoms with E-state index in [0.29, 0.717) is 15.8 Å². The topological polar surface area (TPSA) is 38.3 Å². The van der Waals surface area contributed by atoms with Crippen LogP contribution >= 0.6 is 22.9 Å². The van der Waals surface area contributed by atoms with Crippen LogP contribution in [0.15, 0.2) is 12.1 Å². The second-order valence-corrected chi connectivity index (χ2v) is 5.16. The minimum atomic E-state index is -0.0672. The van der Waals surface area contributed by atoms with Gasteiger partial charge in [0.25, 0.3) is 5.91 Å². The number of halogens is 1. The average molecular weight is 246 g/mol. The molecule has 0 spiro atoms. The third-order valence-corrected chi connectivity index (χ3v) is 3.54. The van der Waals surface area contributed by atoms with Gasteiger partial charge in [-0.1, -0.05) is 11.6 Å². The van der Waals surface area contributed by atoms with Crippen molar-refractivity contribution in [2.45, 2.75) is 18.9 Å². The Kier molecular flexibility index (Phi) is 3.61. The van der Waals surface area contributed by atoms with Crippen LogP contribution in [0, 0.1) is 0 Å². The third kappa shape index (κ3) is 2.93. The Morgan fingerprint density at radius 2 is 2.53 bits per heavy atom. The summed E-state index contributed by atoms with van der Waals surface area (Å²) >= 11 is 7.04. The number of nitrogens with one attached hydrogen (secondary N) is 1. The van der Waals surface area contributed by atoms with Crippen molar-refractivity contribution in [2.24, 2.45) is 0 Å². The van der Waals surface area contributed by atoms with E-state index in [1.54, 1.807) is 12.1 Å². The molecule has 2 rings (SSSR count). The Morgan fingerprint density at radius 3 is 3.13 bits per heavy atom. The largest absolute Gasteiger partial charge is 0.376 e. The second-order valence-electron chi connectivity index (χ2n) is 3.45. The van der Waals surface area contributed by atoms with Crippen LogP contribution in [-0.4, -0.2) is 25.2 Å². The number of thiophene rings is 1. The van der Waals surface area contributed by atoms with E-state index in [9.17, 15) is 4.79 Å². The summed E-state index contributed by atoms with van der Waals surface area (Å²) in [6.45, 7) is 1.40. The number of hydrogen-bond acceptors (Lipinski definition) is 3. The fraction of sp³-hybridized carbons (Fsp3) is 0.500. The van der Waals surface area contributed by atoms with Crippen LogP contribution < -0.4 is 5.32 Å². The van der Waals surface area contributed by atoms with Crippen molar-refractivity contribution in [1.29, 1.82) is 0 Å². The SMILES string of the molecule is O=C(NC[C@H]1CCCO1)c1ccc(Cl)s1. The number of amides is 1. The molecule has 82 valence electrons. The maximum absolute atomic E-state index is 11.6. The van der Waals surface area contributed by atoms with E-state index in [1.165, 1.54) is 11.3 Å². The molecule has 1 N–H and O–H groups in total. The molecular formula is C10H12ClNO2S. The van der Waals surface area contributed by atoms with Gasteiger partial charge in [0.15, 0.2) is 0 Å². The van der Waals surface area contributed by atoms with E-state index in [4.69, 9.17) is 16.3 Å². The molecular weight excluding hydrogens is 234 g/mol. The first-order chi connectivity index (χ1) is 7.25. The van der Waals surface area contributed by atoms with Crippen molar-refractivity contribution < 1.29 is 9.53 Å². The second kappa shape index (κ2) is 4.96. The van der Waals surface area contributed by atoms with Crippen LogP contribution in [0.4, 0.5) is 0 Å². The average Bonchev–Trinajstić information content (AvgIpc) is 2.84. The van der Waals surface area contributed by atoms with Gasteiger partial charge in [0.2, 0.25) is 0 Å². The molecule has 0 aliphatic carbocycles. The number of rotatable bonds is 3. The van der Waals surface area contributed by atoms with Gasteiger partial charge in [0, 0.05) is 13.2 Å². The minimum Gasteiger partial charge on any atom is -0.376 e. The van der Waals surface area contributed by atoms with E-state index in [1.807, 2.05) is 0 Å². The van der Waals surface area contributed by atoms with Crippen molar-refractivity contribution in [3.63, 3.8) is 0 Å². The molecule has 1 atom stereocenters. The van der Waals surface area contributed by atoms with Gasteiger partial charge in [-0.05, 0) is 25.0 Å². The van der Waals surface area contributed by atoms with E-state index in [-0.39, 0.29) is 12.0 Å². The molecule has 1 fully saturated rings. The van der Waals surface area contributed by atoms with E-state index >= 15 is 0 Å². The van der Waals surface area contributed by atoms with Crippen molar-refractivity contribution >= 4 is 28.8 Å². The summed E-state index contributed by atoms with van der Waals surface area (Å²) in [5.74, 6) is -0.0672. The normalized spacial score (nSPS) is 20.5.